The monoisotopic (exact) mass is 318 g/mol. The smallest absolute Gasteiger partial charge is 0.308 e. The highest BCUT2D eigenvalue weighted by Crippen LogP contribution is 2.29. The molecule has 3 N–H and O–H groups in total. The van der Waals surface area contributed by atoms with Crippen LogP contribution in [0, 0.1) is 0 Å². The van der Waals surface area contributed by atoms with Gasteiger partial charge in [0.1, 0.15) is 11.5 Å². The Morgan fingerprint density at radius 2 is 2.00 bits per heavy atom. The minimum atomic E-state index is -4.66. The number of hydrogen-bond acceptors (Lipinski definition) is 4. The van der Waals surface area contributed by atoms with E-state index < -0.39 is 24.0 Å². The second-order valence-electron chi connectivity index (χ2n) is 4.10. The number of nitrogen functional groups attached to an aromatic ring is 1. The summed E-state index contributed by atoms with van der Waals surface area (Å²) in [7, 11) is 0. The molecule has 0 aliphatic heterocycles. The van der Waals surface area contributed by atoms with Crippen molar-refractivity contribution in [3.05, 3.63) is 57.1 Å². The highest BCUT2D eigenvalue weighted by atomic mass is 35.5. The van der Waals surface area contributed by atoms with Gasteiger partial charge in [-0.25, -0.2) is 10.8 Å². The molecule has 0 aliphatic rings. The maximum absolute atomic E-state index is 12.9. The summed E-state index contributed by atoms with van der Waals surface area (Å²) in [4.78, 5) is 15.7. The molecule has 2 rings (SSSR count). The van der Waals surface area contributed by atoms with Gasteiger partial charge in [0, 0.05) is 6.07 Å². The third-order valence-electron chi connectivity index (χ3n) is 2.71. The first-order valence-electron chi connectivity index (χ1n) is 5.72. The topological polar surface area (TPSA) is 72.9 Å². The second-order valence-corrected chi connectivity index (χ2v) is 4.51. The van der Waals surface area contributed by atoms with Gasteiger partial charge in [-0.2, -0.15) is 13.2 Å². The van der Waals surface area contributed by atoms with E-state index in [1.807, 2.05) is 0 Å². The fraction of sp³-hybridized carbons (Fsp3) is 0.167. The van der Waals surface area contributed by atoms with Gasteiger partial charge in [0.25, 0.3) is 5.56 Å². The van der Waals surface area contributed by atoms with E-state index in [1.54, 1.807) is 0 Å². The van der Waals surface area contributed by atoms with Gasteiger partial charge in [-0.3, -0.25) is 9.36 Å². The number of anilines is 1. The molecule has 0 bridgehead atoms. The normalized spacial score (nSPS) is 11.5. The molecule has 112 valence electrons. The SMILES string of the molecule is NNc1ccc(Cl)c(Cn2c(C(F)(F)F)cccc2=O)n1. The van der Waals surface area contributed by atoms with Crippen LogP contribution in [0.1, 0.15) is 11.4 Å². The average Bonchev–Trinajstić information content (AvgIpc) is 2.42. The number of nitrogens with one attached hydrogen (secondary N) is 1. The largest absolute Gasteiger partial charge is 0.431 e. The van der Waals surface area contributed by atoms with Gasteiger partial charge >= 0.3 is 6.18 Å². The van der Waals surface area contributed by atoms with Gasteiger partial charge in [0.15, 0.2) is 0 Å². The number of rotatable bonds is 3. The molecule has 0 unspecified atom stereocenters. The van der Waals surface area contributed by atoms with Crippen LogP contribution in [0.2, 0.25) is 5.02 Å². The molecule has 0 saturated carbocycles. The number of halogens is 4. The molecule has 2 heterocycles. The molecule has 2 aromatic rings. The molecule has 2 aromatic heterocycles. The molecule has 0 aliphatic carbocycles. The Morgan fingerprint density at radius 1 is 1.29 bits per heavy atom. The minimum Gasteiger partial charge on any atom is -0.308 e. The van der Waals surface area contributed by atoms with Crippen molar-refractivity contribution in [3.63, 3.8) is 0 Å². The molecular weight excluding hydrogens is 309 g/mol. The van der Waals surface area contributed by atoms with Crippen LogP contribution in [-0.4, -0.2) is 9.55 Å². The van der Waals surface area contributed by atoms with E-state index in [1.165, 1.54) is 12.1 Å². The zero-order chi connectivity index (χ0) is 15.6. The quantitative estimate of drug-likeness (QED) is 0.672. The van der Waals surface area contributed by atoms with Crippen molar-refractivity contribution in [3.8, 4) is 0 Å². The van der Waals surface area contributed by atoms with Crippen LogP contribution in [0.4, 0.5) is 19.0 Å². The highest BCUT2D eigenvalue weighted by molar-refractivity contribution is 6.31. The molecule has 0 aromatic carbocycles. The van der Waals surface area contributed by atoms with Crippen molar-refractivity contribution >= 4 is 17.4 Å². The van der Waals surface area contributed by atoms with E-state index in [0.29, 0.717) is 4.57 Å². The molecule has 0 atom stereocenters. The molecule has 0 spiro atoms. The lowest BCUT2D eigenvalue weighted by Crippen LogP contribution is -2.28. The molecule has 5 nitrogen and oxygen atoms in total. The van der Waals surface area contributed by atoms with Gasteiger partial charge < -0.3 is 5.43 Å². The first kappa shape index (κ1) is 15.3. The van der Waals surface area contributed by atoms with Crippen LogP contribution in [0.5, 0.6) is 0 Å². The summed E-state index contributed by atoms with van der Waals surface area (Å²) in [5, 5.41) is 0.137. The first-order valence-corrected chi connectivity index (χ1v) is 6.10. The van der Waals surface area contributed by atoms with Crippen LogP contribution >= 0.6 is 11.6 Å². The van der Waals surface area contributed by atoms with E-state index in [-0.39, 0.29) is 16.5 Å². The number of alkyl halides is 3. The maximum atomic E-state index is 12.9. The first-order chi connectivity index (χ1) is 9.82. The van der Waals surface area contributed by atoms with E-state index in [9.17, 15) is 18.0 Å². The summed E-state index contributed by atoms with van der Waals surface area (Å²) in [6, 6.07) is 5.80. The third-order valence-corrected chi connectivity index (χ3v) is 3.06. The summed E-state index contributed by atoms with van der Waals surface area (Å²) in [6.07, 6.45) is -4.66. The van der Waals surface area contributed by atoms with Crippen molar-refractivity contribution in [1.29, 1.82) is 0 Å². The summed E-state index contributed by atoms with van der Waals surface area (Å²) < 4.78 is 39.4. The van der Waals surface area contributed by atoms with Crippen LogP contribution < -0.4 is 16.8 Å². The second kappa shape index (κ2) is 5.74. The Bertz CT molecular complexity index is 714. The number of pyridine rings is 2. The lowest BCUT2D eigenvalue weighted by Gasteiger charge is -2.15. The molecule has 0 radical (unpaired) electrons. The Balaban J connectivity index is 2.52. The van der Waals surface area contributed by atoms with Gasteiger partial charge in [0.05, 0.1) is 17.3 Å². The van der Waals surface area contributed by atoms with Crippen molar-refractivity contribution < 1.29 is 13.2 Å². The summed E-state index contributed by atoms with van der Waals surface area (Å²) >= 11 is 5.89. The van der Waals surface area contributed by atoms with Crippen LogP contribution in [0.3, 0.4) is 0 Å². The zero-order valence-electron chi connectivity index (χ0n) is 10.5. The van der Waals surface area contributed by atoms with Gasteiger partial charge in [-0.1, -0.05) is 17.7 Å². The Kier molecular flexibility index (Phi) is 4.19. The molecule has 0 saturated heterocycles. The van der Waals surface area contributed by atoms with E-state index >= 15 is 0 Å². The molecule has 9 heteroatoms. The Labute approximate surface area is 122 Å². The van der Waals surface area contributed by atoms with Crippen LogP contribution in [0.15, 0.2) is 35.1 Å². The average molecular weight is 319 g/mol. The van der Waals surface area contributed by atoms with Gasteiger partial charge in [0.2, 0.25) is 0 Å². The predicted molar refractivity (Wildman–Crippen MR) is 71.9 cm³/mol. The fourth-order valence-corrected chi connectivity index (χ4v) is 1.92. The molecule has 0 fully saturated rings. The number of aromatic nitrogens is 2. The van der Waals surface area contributed by atoms with E-state index in [0.717, 1.165) is 18.2 Å². The lowest BCUT2D eigenvalue weighted by molar-refractivity contribution is -0.144. The van der Waals surface area contributed by atoms with E-state index in [4.69, 9.17) is 17.4 Å². The lowest BCUT2D eigenvalue weighted by atomic mass is 10.3. The van der Waals surface area contributed by atoms with Crippen molar-refractivity contribution in [2.24, 2.45) is 5.84 Å². The third kappa shape index (κ3) is 3.34. The zero-order valence-corrected chi connectivity index (χ0v) is 11.2. The van der Waals surface area contributed by atoms with Crippen LogP contribution in [0.25, 0.3) is 0 Å². The highest BCUT2D eigenvalue weighted by Gasteiger charge is 2.34. The van der Waals surface area contributed by atoms with Gasteiger partial charge in [-0.15, -0.1) is 0 Å². The molecule has 0 amide bonds. The van der Waals surface area contributed by atoms with Crippen LogP contribution in [-0.2, 0) is 12.7 Å². The Hall–Kier alpha value is -2.06. The molecular formula is C12H10ClF3N4O. The standard InChI is InChI=1S/C12H10ClF3N4O/c13-7-4-5-10(19-17)18-8(7)6-20-9(12(14,15)16)2-1-3-11(20)21/h1-5H,6,17H2,(H,18,19). The molecule has 21 heavy (non-hydrogen) atoms. The summed E-state index contributed by atoms with van der Waals surface area (Å²) in [6.45, 7) is -0.414. The summed E-state index contributed by atoms with van der Waals surface area (Å²) in [5.41, 5.74) is 0.495. The fourth-order valence-electron chi connectivity index (χ4n) is 1.76. The van der Waals surface area contributed by atoms with Gasteiger partial charge in [-0.05, 0) is 18.2 Å². The van der Waals surface area contributed by atoms with Crippen molar-refractivity contribution in [1.82, 2.24) is 9.55 Å². The maximum Gasteiger partial charge on any atom is 0.431 e. The minimum absolute atomic E-state index is 0.103. The van der Waals surface area contributed by atoms with Crippen molar-refractivity contribution in [2.75, 3.05) is 5.43 Å². The number of nitrogens with zero attached hydrogens (tertiary/aromatic N) is 2. The van der Waals surface area contributed by atoms with Crippen molar-refractivity contribution in [2.45, 2.75) is 12.7 Å². The van der Waals surface area contributed by atoms with E-state index in [2.05, 4.69) is 10.4 Å². The Morgan fingerprint density at radius 3 is 2.62 bits per heavy atom. The number of nitrogens with two attached hydrogens (primary N) is 1. The number of hydrogen-bond donors (Lipinski definition) is 2. The summed E-state index contributed by atoms with van der Waals surface area (Å²) in [5.74, 6) is 5.42. The predicted octanol–water partition coefficient (Wildman–Crippen LogP) is 2.25. The number of hydrazine groups is 1.